The minimum Gasteiger partial charge on any atom is -0.423 e. The maximum atomic E-state index is 9.12. The van der Waals surface area contributed by atoms with Gasteiger partial charge in [-0.15, -0.1) is 0 Å². The third-order valence-electron chi connectivity index (χ3n) is 2.99. The Morgan fingerprint density at radius 2 is 1.48 bits per heavy atom. The van der Waals surface area contributed by atoms with Crippen molar-refractivity contribution in [3.8, 4) is 0 Å². The summed E-state index contributed by atoms with van der Waals surface area (Å²) >= 11 is 6.07. The Morgan fingerprint density at radius 3 is 2.10 bits per heavy atom. The summed E-state index contributed by atoms with van der Waals surface area (Å²) in [7, 11) is -3.06. The summed E-state index contributed by atoms with van der Waals surface area (Å²) in [6, 6.07) is 11.6. The normalized spacial score (nSPS) is 10.9. The molecule has 0 aliphatic rings. The zero-order valence-electron chi connectivity index (χ0n) is 11.0. The van der Waals surface area contributed by atoms with Crippen molar-refractivity contribution in [2.75, 3.05) is 0 Å². The fourth-order valence-corrected chi connectivity index (χ4v) is 2.10. The van der Waals surface area contributed by atoms with Crippen LogP contribution in [0.5, 0.6) is 0 Å². The second kappa shape index (κ2) is 6.93. The minimum absolute atomic E-state index is 0.322. The monoisotopic (exact) mass is 302 g/mol. The summed E-state index contributed by atoms with van der Waals surface area (Å²) in [5.74, 6) is 0. The van der Waals surface area contributed by atoms with E-state index >= 15 is 0 Å². The van der Waals surface area contributed by atoms with Crippen LogP contribution in [0.2, 0.25) is 5.02 Å². The summed E-state index contributed by atoms with van der Waals surface area (Å²) in [5, 5.41) is 36.8. The van der Waals surface area contributed by atoms with Gasteiger partial charge in [0.05, 0.1) is 0 Å². The minimum atomic E-state index is -1.55. The van der Waals surface area contributed by atoms with Gasteiger partial charge in [-0.05, 0) is 28.1 Å². The van der Waals surface area contributed by atoms with Gasteiger partial charge in [0.1, 0.15) is 0 Å². The number of halogens is 1. The number of rotatable bonds is 4. The van der Waals surface area contributed by atoms with Gasteiger partial charge in [-0.3, -0.25) is 0 Å². The van der Waals surface area contributed by atoms with E-state index in [9.17, 15) is 0 Å². The molecule has 4 nitrogen and oxygen atoms in total. The fraction of sp³-hybridized carbons (Fsp3) is 0. The molecule has 2 rings (SSSR count). The summed E-state index contributed by atoms with van der Waals surface area (Å²) in [6.07, 6.45) is 3.54. The van der Waals surface area contributed by atoms with Crippen LogP contribution in [0.1, 0.15) is 11.1 Å². The first-order valence-corrected chi connectivity index (χ1v) is 6.65. The van der Waals surface area contributed by atoms with Crippen molar-refractivity contribution in [1.29, 1.82) is 0 Å². The molecule has 0 unspecified atom stereocenters. The fourth-order valence-electron chi connectivity index (χ4n) is 1.85. The van der Waals surface area contributed by atoms with Gasteiger partial charge in [-0.1, -0.05) is 60.2 Å². The molecule has 0 fully saturated rings. The lowest BCUT2D eigenvalue weighted by molar-refractivity contribution is 0.424. The maximum absolute atomic E-state index is 9.12. The van der Waals surface area contributed by atoms with E-state index in [1.54, 1.807) is 42.5 Å². The van der Waals surface area contributed by atoms with Gasteiger partial charge in [0.2, 0.25) is 0 Å². The Labute approximate surface area is 128 Å². The highest BCUT2D eigenvalue weighted by Crippen LogP contribution is 2.17. The molecule has 21 heavy (non-hydrogen) atoms. The Morgan fingerprint density at radius 1 is 0.810 bits per heavy atom. The third-order valence-corrected chi connectivity index (χ3v) is 3.31. The predicted molar refractivity (Wildman–Crippen MR) is 86.5 cm³/mol. The Kier molecular flexibility index (Phi) is 5.22. The second-order valence-corrected chi connectivity index (χ2v) is 4.94. The SMILES string of the molecule is OB(O)c1cccc(C=Cc2ccc(B(O)O)cc2Cl)c1. The van der Waals surface area contributed by atoms with Crippen LogP contribution in [0.25, 0.3) is 12.2 Å². The number of benzene rings is 2. The lowest BCUT2D eigenvalue weighted by Crippen LogP contribution is -2.29. The Bertz CT molecular complexity index is 659. The zero-order chi connectivity index (χ0) is 15.4. The van der Waals surface area contributed by atoms with Crippen molar-refractivity contribution in [1.82, 2.24) is 0 Å². The first kappa shape index (κ1) is 15.8. The van der Waals surface area contributed by atoms with Crippen LogP contribution in [-0.4, -0.2) is 34.3 Å². The molecule has 2 aromatic rings. The Hall–Kier alpha value is -1.56. The molecule has 0 bridgehead atoms. The average Bonchev–Trinajstić information content (AvgIpc) is 2.46. The quantitative estimate of drug-likeness (QED) is 0.468. The van der Waals surface area contributed by atoms with Gasteiger partial charge in [0, 0.05) is 5.02 Å². The zero-order valence-corrected chi connectivity index (χ0v) is 11.8. The van der Waals surface area contributed by atoms with E-state index in [-0.39, 0.29) is 0 Å². The molecule has 2 aromatic carbocycles. The van der Waals surface area contributed by atoms with E-state index in [0.717, 1.165) is 11.1 Å². The molecule has 0 aliphatic carbocycles. The van der Waals surface area contributed by atoms with E-state index in [0.29, 0.717) is 15.9 Å². The van der Waals surface area contributed by atoms with Crippen molar-refractivity contribution in [3.63, 3.8) is 0 Å². The van der Waals surface area contributed by atoms with Gasteiger partial charge >= 0.3 is 14.2 Å². The van der Waals surface area contributed by atoms with Crippen molar-refractivity contribution in [3.05, 3.63) is 58.6 Å². The van der Waals surface area contributed by atoms with Crippen LogP contribution in [0.3, 0.4) is 0 Å². The van der Waals surface area contributed by atoms with Gasteiger partial charge < -0.3 is 20.1 Å². The van der Waals surface area contributed by atoms with E-state index in [1.165, 1.54) is 6.07 Å². The van der Waals surface area contributed by atoms with Crippen LogP contribution in [0.15, 0.2) is 42.5 Å². The third kappa shape index (κ3) is 4.20. The molecule has 0 saturated carbocycles. The van der Waals surface area contributed by atoms with Crippen LogP contribution in [0.4, 0.5) is 0 Å². The van der Waals surface area contributed by atoms with Crippen LogP contribution in [0, 0.1) is 0 Å². The van der Waals surface area contributed by atoms with Gasteiger partial charge in [0.15, 0.2) is 0 Å². The molecule has 0 atom stereocenters. The molecule has 0 aliphatic heterocycles. The second-order valence-electron chi connectivity index (χ2n) is 4.53. The van der Waals surface area contributed by atoms with E-state index in [2.05, 4.69) is 0 Å². The smallest absolute Gasteiger partial charge is 0.423 e. The largest absolute Gasteiger partial charge is 0.488 e. The van der Waals surface area contributed by atoms with Gasteiger partial charge in [-0.2, -0.15) is 0 Å². The molecule has 0 spiro atoms. The summed E-state index contributed by atoms with van der Waals surface area (Å²) in [4.78, 5) is 0. The van der Waals surface area contributed by atoms with Gasteiger partial charge in [-0.25, -0.2) is 0 Å². The summed E-state index contributed by atoms with van der Waals surface area (Å²) in [5.41, 5.74) is 2.24. The molecule has 0 heterocycles. The molecule has 0 radical (unpaired) electrons. The molecule has 106 valence electrons. The van der Waals surface area contributed by atoms with Crippen molar-refractivity contribution >= 4 is 48.9 Å². The molecule has 0 saturated heterocycles. The maximum Gasteiger partial charge on any atom is 0.488 e. The van der Waals surface area contributed by atoms with Crippen LogP contribution in [-0.2, 0) is 0 Å². The lowest BCUT2D eigenvalue weighted by Gasteiger charge is -2.04. The standard InChI is InChI=1S/C14H13B2ClO4/c17-14-9-13(16(20)21)7-6-11(14)5-4-10-2-1-3-12(8-10)15(18)19/h1-9,18-21H. The summed E-state index contributed by atoms with van der Waals surface area (Å²) in [6.45, 7) is 0. The van der Waals surface area contributed by atoms with Crippen molar-refractivity contribution in [2.45, 2.75) is 0 Å². The van der Waals surface area contributed by atoms with E-state index in [4.69, 9.17) is 31.7 Å². The number of hydrogen-bond donors (Lipinski definition) is 4. The topological polar surface area (TPSA) is 80.9 Å². The first-order chi connectivity index (χ1) is 9.97. The van der Waals surface area contributed by atoms with E-state index < -0.39 is 14.2 Å². The first-order valence-electron chi connectivity index (χ1n) is 6.27. The predicted octanol–water partition coefficient (Wildman–Crippen LogP) is -0.130. The van der Waals surface area contributed by atoms with Crippen molar-refractivity contribution in [2.24, 2.45) is 0 Å². The van der Waals surface area contributed by atoms with E-state index in [1.807, 2.05) is 6.07 Å². The molecule has 0 amide bonds. The molecule has 4 N–H and O–H groups in total. The highest BCUT2D eigenvalue weighted by Gasteiger charge is 2.12. The van der Waals surface area contributed by atoms with Crippen LogP contribution < -0.4 is 10.9 Å². The highest BCUT2D eigenvalue weighted by atomic mass is 35.5. The Balaban J connectivity index is 2.23. The van der Waals surface area contributed by atoms with Crippen LogP contribution >= 0.6 is 11.6 Å². The summed E-state index contributed by atoms with van der Waals surface area (Å²) < 4.78 is 0. The van der Waals surface area contributed by atoms with Crippen molar-refractivity contribution < 1.29 is 20.1 Å². The highest BCUT2D eigenvalue weighted by molar-refractivity contribution is 6.59. The lowest BCUT2D eigenvalue weighted by atomic mass is 9.79. The molecule has 7 heteroatoms. The average molecular weight is 302 g/mol. The molecular weight excluding hydrogens is 289 g/mol. The molecular formula is C14H13B2ClO4. The molecule has 0 aromatic heterocycles. The van der Waals surface area contributed by atoms with Gasteiger partial charge in [0.25, 0.3) is 0 Å². The number of hydrogen-bond acceptors (Lipinski definition) is 4.